The number of hydrazine groups is 1. The van der Waals surface area contributed by atoms with E-state index in [1.54, 1.807) is 24.3 Å². The normalized spacial score (nSPS) is 10.6. The molecular formula is C15H12Cl3N3O2. The van der Waals surface area contributed by atoms with Crippen molar-refractivity contribution in [2.45, 2.75) is 0 Å². The number of carbonyl (C=O) groups excluding carboxylic acids is 1. The van der Waals surface area contributed by atoms with Crippen molar-refractivity contribution in [3.63, 3.8) is 0 Å². The average Bonchev–Trinajstić information content (AvgIpc) is 2.52. The number of hydrogen-bond donors (Lipinski definition) is 2. The van der Waals surface area contributed by atoms with E-state index in [1.807, 2.05) is 0 Å². The molecule has 0 aliphatic carbocycles. The summed E-state index contributed by atoms with van der Waals surface area (Å²) < 4.78 is 0. The Balaban J connectivity index is 2.04. The van der Waals surface area contributed by atoms with Crippen LogP contribution in [0, 0.1) is 0 Å². The summed E-state index contributed by atoms with van der Waals surface area (Å²) in [7, 11) is 1.46. The molecule has 0 unspecified atom stereocenters. The van der Waals surface area contributed by atoms with Crippen LogP contribution in [0.4, 0.5) is 5.69 Å². The Morgan fingerprint density at radius 1 is 1.13 bits per heavy atom. The van der Waals surface area contributed by atoms with Crippen LogP contribution < -0.4 is 10.9 Å². The zero-order valence-corrected chi connectivity index (χ0v) is 14.2. The van der Waals surface area contributed by atoms with Crippen molar-refractivity contribution in [3.8, 4) is 0 Å². The predicted molar refractivity (Wildman–Crippen MR) is 93.6 cm³/mol. The fourth-order valence-corrected chi connectivity index (χ4v) is 2.60. The molecule has 23 heavy (non-hydrogen) atoms. The van der Waals surface area contributed by atoms with Gasteiger partial charge in [0.15, 0.2) is 0 Å². The Morgan fingerprint density at radius 3 is 2.30 bits per heavy atom. The van der Waals surface area contributed by atoms with Gasteiger partial charge in [0.05, 0.1) is 21.9 Å². The fraction of sp³-hybridized carbons (Fsp3) is 0.0667. The topological polar surface area (TPSA) is 62.7 Å². The van der Waals surface area contributed by atoms with Crippen LogP contribution in [-0.4, -0.2) is 19.2 Å². The number of anilines is 1. The molecular weight excluding hydrogens is 361 g/mol. The van der Waals surface area contributed by atoms with Gasteiger partial charge in [-0.25, -0.2) is 0 Å². The molecule has 0 fully saturated rings. The third kappa shape index (κ3) is 4.76. The first-order valence-corrected chi connectivity index (χ1v) is 7.52. The molecule has 0 heterocycles. The van der Waals surface area contributed by atoms with Gasteiger partial charge >= 0.3 is 0 Å². The molecule has 0 aliphatic rings. The minimum atomic E-state index is -0.345. The number of nitrogens with zero attached hydrogens (tertiary/aromatic N) is 1. The first kappa shape index (κ1) is 17.4. The van der Waals surface area contributed by atoms with E-state index in [0.29, 0.717) is 26.3 Å². The minimum absolute atomic E-state index is 0.300. The number of nitrogens with one attached hydrogen (secondary N) is 2. The minimum Gasteiger partial charge on any atom is -0.399 e. The first-order chi connectivity index (χ1) is 11.0. The molecule has 8 heteroatoms. The molecule has 1 amide bonds. The van der Waals surface area contributed by atoms with Gasteiger partial charge in [-0.3, -0.25) is 15.6 Å². The van der Waals surface area contributed by atoms with Crippen LogP contribution in [0.2, 0.25) is 15.1 Å². The molecule has 2 aromatic rings. The molecule has 2 N–H and O–H groups in total. The summed E-state index contributed by atoms with van der Waals surface area (Å²) in [4.78, 5) is 16.7. The number of amides is 1. The summed E-state index contributed by atoms with van der Waals surface area (Å²) >= 11 is 17.9. The largest absolute Gasteiger partial charge is 0.399 e. The third-order valence-corrected chi connectivity index (χ3v) is 3.60. The molecule has 0 saturated heterocycles. The smallest absolute Gasteiger partial charge is 0.269 e. The van der Waals surface area contributed by atoms with Crippen LogP contribution >= 0.6 is 34.8 Å². The van der Waals surface area contributed by atoms with Crippen LogP contribution in [0.1, 0.15) is 15.9 Å². The average molecular weight is 373 g/mol. The van der Waals surface area contributed by atoms with Crippen molar-refractivity contribution in [1.82, 2.24) is 5.43 Å². The van der Waals surface area contributed by atoms with E-state index in [-0.39, 0.29) is 5.91 Å². The van der Waals surface area contributed by atoms with Gasteiger partial charge < -0.3 is 4.84 Å². The molecule has 5 nitrogen and oxygen atoms in total. The third-order valence-electron chi connectivity index (χ3n) is 2.79. The monoisotopic (exact) mass is 371 g/mol. The van der Waals surface area contributed by atoms with E-state index in [1.165, 1.54) is 25.5 Å². The van der Waals surface area contributed by atoms with Crippen LogP contribution in [0.25, 0.3) is 0 Å². The summed E-state index contributed by atoms with van der Waals surface area (Å²) in [6.07, 6.45) is 1.53. The lowest BCUT2D eigenvalue weighted by Crippen LogP contribution is -2.29. The number of benzene rings is 2. The summed E-state index contributed by atoms with van der Waals surface area (Å²) in [5.41, 5.74) is 6.84. The van der Waals surface area contributed by atoms with E-state index in [2.05, 4.69) is 20.8 Å². The highest BCUT2D eigenvalue weighted by atomic mass is 35.5. The van der Waals surface area contributed by atoms with Gasteiger partial charge in [0, 0.05) is 10.6 Å². The standard InChI is InChI=1S/C15H12Cl3N3O2/c1-23-19-8-9-2-4-10(5-3-9)15(22)21-20-14-12(17)6-11(16)7-13(14)18/h2-8,20H,1H3,(H,21,22)/b19-8+. The van der Waals surface area contributed by atoms with Crippen LogP contribution in [-0.2, 0) is 4.84 Å². The number of rotatable bonds is 5. The summed E-state index contributed by atoms with van der Waals surface area (Å²) in [5.74, 6) is -0.345. The van der Waals surface area contributed by atoms with E-state index in [9.17, 15) is 4.79 Å². The Kier molecular flexibility index (Phi) is 6.10. The van der Waals surface area contributed by atoms with Crippen molar-refractivity contribution in [2.24, 2.45) is 5.16 Å². The van der Waals surface area contributed by atoms with Crippen molar-refractivity contribution >= 4 is 52.6 Å². The maximum Gasteiger partial charge on any atom is 0.269 e. The number of oxime groups is 1. The molecule has 0 saturated carbocycles. The highest BCUT2D eigenvalue weighted by Gasteiger charge is 2.10. The van der Waals surface area contributed by atoms with Gasteiger partial charge in [0.2, 0.25) is 0 Å². The highest BCUT2D eigenvalue weighted by Crippen LogP contribution is 2.33. The van der Waals surface area contributed by atoms with E-state index >= 15 is 0 Å². The van der Waals surface area contributed by atoms with Crippen molar-refractivity contribution in [3.05, 3.63) is 62.6 Å². The fourth-order valence-electron chi connectivity index (χ4n) is 1.69. The van der Waals surface area contributed by atoms with Crippen LogP contribution in [0.3, 0.4) is 0 Å². The Bertz CT molecular complexity index is 710. The van der Waals surface area contributed by atoms with Gasteiger partial charge in [-0.2, -0.15) is 0 Å². The lowest BCUT2D eigenvalue weighted by atomic mass is 10.1. The van der Waals surface area contributed by atoms with Crippen molar-refractivity contribution < 1.29 is 9.63 Å². The molecule has 0 atom stereocenters. The molecule has 0 bridgehead atoms. The van der Waals surface area contributed by atoms with Gasteiger partial charge in [0.25, 0.3) is 5.91 Å². The molecule has 2 aromatic carbocycles. The van der Waals surface area contributed by atoms with Gasteiger partial charge in [-0.1, -0.05) is 52.1 Å². The zero-order valence-electron chi connectivity index (χ0n) is 11.9. The van der Waals surface area contributed by atoms with E-state index in [4.69, 9.17) is 34.8 Å². The summed E-state index contributed by atoms with van der Waals surface area (Å²) in [6.45, 7) is 0. The van der Waals surface area contributed by atoms with Crippen LogP contribution in [0.5, 0.6) is 0 Å². The van der Waals surface area contributed by atoms with Crippen molar-refractivity contribution in [2.75, 3.05) is 12.5 Å². The number of halogens is 3. The van der Waals surface area contributed by atoms with Gasteiger partial charge in [-0.15, -0.1) is 0 Å². The predicted octanol–water partition coefficient (Wildman–Crippen LogP) is 4.38. The maximum absolute atomic E-state index is 12.1. The van der Waals surface area contributed by atoms with Gasteiger partial charge in [-0.05, 0) is 29.8 Å². The molecule has 2 rings (SSSR count). The Morgan fingerprint density at radius 2 is 1.74 bits per heavy atom. The van der Waals surface area contributed by atoms with Gasteiger partial charge in [0.1, 0.15) is 7.11 Å². The van der Waals surface area contributed by atoms with E-state index < -0.39 is 0 Å². The van der Waals surface area contributed by atoms with Crippen molar-refractivity contribution in [1.29, 1.82) is 0 Å². The first-order valence-electron chi connectivity index (χ1n) is 6.38. The number of hydrogen-bond acceptors (Lipinski definition) is 4. The zero-order chi connectivity index (χ0) is 16.8. The lowest BCUT2D eigenvalue weighted by molar-refractivity contribution is 0.0962. The Labute approximate surface area is 148 Å². The SMILES string of the molecule is CO/N=C/c1ccc(C(=O)NNc2c(Cl)cc(Cl)cc2Cl)cc1. The summed E-state index contributed by atoms with van der Waals surface area (Å²) in [5, 5.41) is 4.65. The quantitative estimate of drug-likeness (QED) is 0.604. The Hall–Kier alpha value is -1.95. The summed E-state index contributed by atoms with van der Waals surface area (Å²) in [6, 6.07) is 9.82. The highest BCUT2D eigenvalue weighted by molar-refractivity contribution is 6.41. The second-order valence-corrected chi connectivity index (χ2v) is 5.61. The number of carbonyl (C=O) groups is 1. The second kappa shape index (κ2) is 8.06. The van der Waals surface area contributed by atoms with Crippen LogP contribution in [0.15, 0.2) is 41.6 Å². The van der Waals surface area contributed by atoms with E-state index in [0.717, 1.165) is 5.56 Å². The maximum atomic E-state index is 12.1. The molecule has 120 valence electrons. The molecule has 0 aliphatic heterocycles. The molecule has 0 radical (unpaired) electrons. The molecule has 0 aromatic heterocycles. The lowest BCUT2D eigenvalue weighted by Gasteiger charge is -2.12. The molecule has 0 spiro atoms. The second-order valence-electron chi connectivity index (χ2n) is 4.36.